The molecule has 4 rings (SSSR count). The number of nitrogens with one attached hydrogen (secondary N) is 1. The summed E-state index contributed by atoms with van der Waals surface area (Å²) < 4.78 is 5.98. The van der Waals surface area contributed by atoms with Crippen LogP contribution in [-0.4, -0.2) is 35.2 Å². The molecule has 3 aromatic rings. The van der Waals surface area contributed by atoms with Gasteiger partial charge in [-0.05, 0) is 49.2 Å². The molecule has 6 nitrogen and oxygen atoms in total. The van der Waals surface area contributed by atoms with Crippen molar-refractivity contribution in [2.75, 3.05) is 25.1 Å². The molecule has 0 atom stereocenters. The van der Waals surface area contributed by atoms with Crippen molar-refractivity contribution in [1.82, 2.24) is 20.3 Å². The first-order chi connectivity index (χ1) is 13.6. The van der Waals surface area contributed by atoms with Crippen molar-refractivity contribution in [2.45, 2.75) is 26.9 Å². The third kappa shape index (κ3) is 3.97. The molecule has 0 saturated heterocycles. The Morgan fingerprint density at radius 1 is 1.11 bits per heavy atom. The van der Waals surface area contributed by atoms with Gasteiger partial charge in [0.05, 0.1) is 12.2 Å². The fourth-order valence-corrected chi connectivity index (χ4v) is 3.51. The van der Waals surface area contributed by atoms with Crippen molar-refractivity contribution in [1.29, 1.82) is 0 Å². The lowest BCUT2D eigenvalue weighted by atomic mass is 10.1. The SMILES string of the molecule is Cc1cc(C)cc(OCCN(C)c2nc(-c3cccnc3)nc3c2CNC3)c1. The molecule has 1 aliphatic heterocycles. The molecular weight excluding hydrogens is 350 g/mol. The minimum Gasteiger partial charge on any atom is -0.492 e. The molecule has 0 aliphatic carbocycles. The number of aryl methyl sites for hydroxylation is 2. The van der Waals surface area contributed by atoms with Crippen molar-refractivity contribution in [3.05, 3.63) is 65.1 Å². The summed E-state index contributed by atoms with van der Waals surface area (Å²) in [5.41, 5.74) is 5.58. The first-order valence-corrected chi connectivity index (χ1v) is 9.53. The van der Waals surface area contributed by atoms with E-state index < -0.39 is 0 Å². The Balaban J connectivity index is 1.52. The molecule has 0 fully saturated rings. The van der Waals surface area contributed by atoms with Crippen LogP contribution < -0.4 is 15.0 Å². The zero-order valence-corrected chi connectivity index (χ0v) is 16.6. The molecule has 0 saturated carbocycles. The summed E-state index contributed by atoms with van der Waals surface area (Å²) in [6, 6.07) is 10.2. The van der Waals surface area contributed by atoms with Gasteiger partial charge in [-0.25, -0.2) is 9.97 Å². The first-order valence-electron chi connectivity index (χ1n) is 9.53. The number of fused-ring (bicyclic) bond motifs is 1. The first kappa shape index (κ1) is 18.4. The Labute approximate surface area is 165 Å². The molecule has 144 valence electrons. The lowest BCUT2D eigenvalue weighted by Crippen LogP contribution is -2.26. The van der Waals surface area contributed by atoms with Gasteiger partial charge in [0.2, 0.25) is 0 Å². The van der Waals surface area contributed by atoms with Crippen LogP contribution in [0.2, 0.25) is 0 Å². The van der Waals surface area contributed by atoms with Gasteiger partial charge in [0.15, 0.2) is 5.82 Å². The van der Waals surface area contributed by atoms with Crippen LogP contribution in [0.25, 0.3) is 11.4 Å². The quantitative estimate of drug-likeness (QED) is 0.713. The van der Waals surface area contributed by atoms with Crippen molar-refractivity contribution in [3.8, 4) is 17.1 Å². The van der Waals surface area contributed by atoms with Crippen LogP contribution in [-0.2, 0) is 13.1 Å². The number of hydrogen-bond acceptors (Lipinski definition) is 6. The van der Waals surface area contributed by atoms with E-state index in [2.05, 4.69) is 54.3 Å². The second kappa shape index (κ2) is 7.94. The van der Waals surface area contributed by atoms with Crippen LogP contribution >= 0.6 is 0 Å². The largest absolute Gasteiger partial charge is 0.492 e. The smallest absolute Gasteiger partial charge is 0.163 e. The monoisotopic (exact) mass is 375 g/mol. The number of hydrogen-bond donors (Lipinski definition) is 1. The van der Waals surface area contributed by atoms with E-state index >= 15 is 0 Å². The van der Waals surface area contributed by atoms with E-state index in [0.717, 1.165) is 42.5 Å². The summed E-state index contributed by atoms with van der Waals surface area (Å²) in [5.74, 6) is 2.59. The molecule has 0 bridgehead atoms. The van der Waals surface area contributed by atoms with Crippen LogP contribution in [0.4, 0.5) is 5.82 Å². The second-order valence-electron chi connectivity index (χ2n) is 7.23. The topological polar surface area (TPSA) is 63.2 Å². The molecule has 0 spiro atoms. The van der Waals surface area contributed by atoms with E-state index in [-0.39, 0.29) is 0 Å². The number of pyridine rings is 1. The Bertz CT molecular complexity index is 954. The third-order valence-electron chi connectivity index (χ3n) is 4.84. The molecule has 2 aromatic heterocycles. The summed E-state index contributed by atoms with van der Waals surface area (Å²) in [4.78, 5) is 15.9. The second-order valence-corrected chi connectivity index (χ2v) is 7.23. The number of likely N-dealkylation sites (N-methyl/N-ethyl adjacent to an activating group) is 1. The molecule has 28 heavy (non-hydrogen) atoms. The van der Waals surface area contributed by atoms with Crippen molar-refractivity contribution >= 4 is 5.82 Å². The average Bonchev–Trinajstić information content (AvgIpc) is 3.15. The van der Waals surface area contributed by atoms with E-state index in [4.69, 9.17) is 14.7 Å². The number of benzene rings is 1. The Hall–Kier alpha value is -2.99. The summed E-state index contributed by atoms with van der Waals surface area (Å²) in [6.07, 6.45) is 3.56. The maximum Gasteiger partial charge on any atom is 0.163 e. The number of ether oxygens (including phenoxy) is 1. The summed E-state index contributed by atoms with van der Waals surface area (Å²) in [6.45, 7) is 7.06. The normalized spacial score (nSPS) is 12.7. The highest BCUT2D eigenvalue weighted by atomic mass is 16.5. The molecule has 0 amide bonds. The van der Waals surface area contributed by atoms with E-state index in [1.165, 1.54) is 16.7 Å². The zero-order chi connectivity index (χ0) is 19.5. The highest BCUT2D eigenvalue weighted by Crippen LogP contribution is 2.27. The Kier molecular flexibility index (Phi) is 5.21. The van der Waals surface area contributed by atoms with E-state index in [1.54, 1.807) is 12.4 Å². The summed E-state index contributed by atoms with van der Waals surface area (Å²) in [5, 5.41) is 3.38. The lowest BCUT2D eigenvalue weighted by Gasteiger charge is -2.21. The molecule has 1 aromatic carbocycles. The van der Waals surface area contributed by atoms with Crippen LogP contribution in [0.15, 0.2) is 42.7 Å². The fraction of sp³-hybridized carbons (Fsp3) is 0.318. The molecule has 1 N–H and O–H groups in total. The predicted molar refractivity (Wildman–Crippen MR) is 110 cm³/mol. The minimum absolute atomic E-state index is 0.591. The Morgan fingerprint density at radius 2 is 1.93 bits per heavy atom. The van der Waals surface area contributed by atoms with Gasteiger partial charge in [-0.2, -0.15) is 0 Å². The predicted octanol–water partition coefficient (Wildman–Crippen LogP) is 3.27. The van der Waals surface area contributed by atoms with Gasteiger partial charge in [-0.15, -0.1) is 0 Å². The number of rotatable bonds is 6. The van der Waals surface area contributed by atoms with Gasteiger partial charge < -0.3 is 15.0 Å². The number of nitrogens with zero attached hydrogens (tertiary/aromatic N) is 4. The van der Waals surface area contributed by atoms with Gasteiger partial charge in [-0.3, -0.25) is 4.98 Å². The molecule has 0 radical (unpaired) electrons. The molecule has 6 heteroatoms. The third-order valence-corrected chi connectivity index (χ3v) is 4.84. The van der Waals surface area contributed by atoms with E-state index in [9.17, 15) is 0 Å². The van der Waals surface area contributed by atoms with Crippen LogP contribution in [0.5, 0.6) is 5.75 Å². The van der Waals surface area contributed by atoms with E-state index in [0.29, 0.717) is 12.4 Å². The summed E-state index contributed by atoms with van der Waals surface area (Å²) in [7, 11) is 2.05. The van der Waals surface area contributed by atoms with Gasteiger partial charge in [0, 0.05) is 43.7 Å². The van der Waals surface area contributed by atoms with Crippen molar-refractivity contribution < 1.29 is 4.74 Å². The zero-order valence-electron chi connectivity index (χ0n) is 16.6. The highest BCUT2D eigenvalue weighted by Gasteiger charge is 2.21. The Morgan fingerprint density at radius 3 is 2.68 bits per heavy atom. The molecule has 0 unspecified atom stereocenters. The van der Waals surface area contributed by atoms with Crippen LogP contribution in [0.1, 0.15) is 22.4 Å². The van der Waals surface area contributed by atoms with Gasteiger partial charge >= 0.3 is 0 Å². The average molecular weight is 375 g/mol. The minimum atomic E-state index is 0.591. The maximum atomic E-state index is 5.98. The van der Waals surface area contributed by atoms with E-state index in [1.807, 2.05) is 12.1 Å². The standard InChI is InChI=1S/C22H25N5O/c1-15-9-16(2)11-18(10-15)28-8-7-27(3)22-19-13-24-14-20(19)25-21(26-22)17-5-4-6-23-12-17/h4-6,9-12,24H,7-8,13-14H2,1-3H3. The molecule has 3 heterocycles. The van der Waals surface area contributed by atoms with Crippen LogP contribution in [0, 0.1) is 13.8 Å². The molecule has 1 aliphatic rings. The fourth-order valence-electron chi connectivity index (χ4n) is 3.51. The number of aromatic nitrogens is 3. The lowest BCUT2D eigenvalue weighted by molar-refractivity contribution is 0.325. The van der Waals surface area contributed by atoms with Crippen molar-refractivity contribution in [2.24, 2.45) is 0 Å². The van der Waals surface area contributed by atoms with Gasteiger partial charge in [-0.1, -0.05) is 6.07 Å². The van der Waals surface area contributed by atoms with Gasteiger partial charge in [0.25, 0.3) is 0 Å². The molecular formula is C22H25N5O. The van der Waals surface area contributed by atoms with Crippen LogP contribution in [0.3, 0.4) is 0 Å². The van der Waals surface area contributed by atoms with Crippen molar-refractivity contribution in [3.63, 3.8) is 0 Å². The highest BCUT2D eigenvalue weighted by molar-refractivity contribution is 5.60. The maximum absolute atomic E-state index is 5.98. The van der Waals surface area contributed by atoms with Gasteiger partial charge in [0.1, 0.15) is 18.2 Å². The summed E-state index contributed by atoms with van der Waals surface area (Å²) >= 11 is 0. The number of anilines is 1.